The minimum atomic E-state index is -0.608. The molecule has 1 amide bonds. The van der Waals surface area contributed by atoms with Gasteiger partial charge in [-0.15, -0.1) is 0 Å². The molecule has 0 radical (unpaired) electrons. The topological polar surface area (TPSA) is 131 Å². The Morgan fingerprint density at radius 2 is 1.96 bits per heavy atom. The molecule has 1 saturated heterocycles. The molecule has 4 rings (SSSR count). The molecule has 0 unspecified atom stereocenters. The van der Waals surface area contributed by atoms with Crippen LogP contribution in [0.2, 0.25) is 0 Å². The van der Waals surface area contributed by atoms with Crippen molar-refractivity contribution in [3.63, 3.8) is 0 Å². The number of primary amides is 1. The molecule has 1 aromatic carbocycles. The smallest absolute Gasteiger partial charge is 0.327 e. The summed E-state index contributed by atoms with van der Waals surface area (Å²) < 4.78 is 7.18. The summed E-state index contributed by atoms with van der Waals surface area (Å²) in [6.45, 7) is 3.09. The van der Waals surface area contributed by atoms with E-state index in [1.165, 1.54) is 4.57 Å². The first kappa shape index (κ1) is 17.0. The van der Waals surface area contributed by atoms with Gasteiger partial charge in [-0.25, -0.2) is 4.79 Å². The summed E-state index contributed by atoms with van der Waals surface area (Å²) in [4.78, 5) is 37.4. The summed E-state index contributed by atoms with van der Waals surface area (Å²) in [6, 6.07) is 6.65. The second kappa shape index (κ2) is 6.72. The minimum absolute atomic E-state index is 0.0410. The number of aromatic amines is 1. The molecule has 4 N–H and O–H groups in total. The number of fused-ring (bicyclic) bond motifs is 1. The maximum absolute atomic E-state index is 12.1. The predicted molar refractivity (Wildman–Crippen MR) is 99.2 cm³/mol. The van der Waals surface area contributed by atoms with Crippen molar-refractivity contribution in [2.75, 3.05) is 31.1 Å². The lowest BCUT2D eigenvalue weighted by molar-refractivity contribution is 0.0998. The molecule has 1 fully saturated rings. The van der Waals surface area contributed by atoms with Crippen LogP contribution in [0.4, 0.5) is 5.82 Å². The summed E-state index contributed by atoms with van der Waals surface area (Å²) in [6.07, 6.45) is 0. The molecule has 140 valence electrons. The normalized spacial score (nSPS) is 14.5. The highest BCUT2D eigenvalue weighted by atomic mass is 16.5. The van der Waals surface area contributed by atoms with Crippen LogP contribution in [-0.2, 0) is 7.05 Å². The monoisotopic (exact) mass is 369 g/mol. The molecule has 0 spiro atoms. The van der Waals surface area contributed by atoms with Gasteiger partial charge in [-0.1, -0.05) is 12.1 Å². The van der Waals surface area contributed by atoms with Crippen LogP contribution in [-0.4, -0.2) is 51.6 Å². The molecule has 0 saturated carbocycles. The van der Waals surface area contributed by atoms with Gasteiger partial charge in [0.25, 0.3) is 5.91 Å². The number of H-pyrrole nitrogens is 1. The number of carbonyl (C=O) groups excluding carboxylic acids is 1. The van der Waals surface area contributed by atoms with Crippen LogP contribution >= 0.6 is 0 Å². The molecular weight excluding hydrogens is 350 g/mol. The number of nitrogens with one attached hydrogen (secondary N) is 2. The lowest BCUT2D eigenvalue weighted by Gasteiger charge is -2.28. The summed E-state index contributed by atoms with van der Waals surface area (Å²) >= 11 is 0. The lowest BCUT2D eigenvalue weighted by Crippen LogP contribution is -2.44. The van der Waals surface area contributed by atoms with Crippen molar-refractivity contribution in [1.82, 2.24) is 24.8 Å². The highest BCUT2D eigenvalue weighted by Crippen LogP contribution is 2.28. The van der Waals surface area contributed by atoms with Crippen LogP contribution in [0.25, 0.3) is 11.2 Å². The maximum Gasteiger partial charge on any atom is 0.327 e. The van der Waals surface area contributed by atoms with Gasteiger partial charge in [0.1, 0.15) is 11.3 Å². The van der Waals surface area contributed by atoms with E-state index in [4.69, 9.17) is 10.5 Å². The number of imidazole rings is 1. The number of amides is 1. The van der Waals surface area contributed by atoms with Crippen LogP contribution in [0, 0.1) is 0 Å². The van der Waals surface area contributed by atoms with E-state index in [0.29, 0.717) is 17.0 Å². The summed E-state index contributed by atoms with van der Waals surface area (Å²) in [7, 11) is 1.62. The molecule has 2 aromatic heterocycles. The number of hydrogen-bond acceptors (Lipinski definition) is 7. The van der Waals surface area contributed by atoms with E-state index < -0.39 is 5.91 Å². The Morgan fingerprint density at radius 3 is 2.70 bits per heavy atom. The van der Waals surface area contributed by atoms with E-state index in [1.54, 1.807) is 31.3 Å². The SMILES string of the molecule is Cn1c(=O)[nH]c2c(N3CCNCC3)nc(Oc3ccccc3C(N)=O)nc21. The Morgan fingerprint density at radius 1 is 1.22 bits per heavy atom. The largest absolute Gasteiger partial charge is 0.423 e. The molecule has 27 heavy (non-hydrogen) atoms. The number of hydrogen-bond donors (Lipinski definition) is 3. The molecule has 10 nitrogen and oxygen atoms in total. The van der Waals surface area contributed by atoms with Crippen LogP contribution in [0.3, 0.4) is 0 Å². The van der Waals surface area contributed by atoms with E-state index >= 15 is 0 Å². The Labute approximate surface area is 154 Å². The fourth-order valence-corrected chi connectivity index (χ4v) is 3.07. The number of nitrogens with zero attached hydrogens (tertiary/aromatic N) is 4. The van der Waals surface area contributed by atoms with E-state index in [0.717, 1.165) is 26.2 Å². The predicted octanol–water partition coefficient (Wildman–Crippen LogP) is -0.0426. The van der Waals surface area contributed by atoms with Gasteiger partial charge in [-0.05, 0) is 12.1 Å². The Balaban J connectivity index is 1.83. The molecular formula is C17H19N7O3. The van der Waals surface area contributed by atoms with Crippen LogP contribution < -0.4 is 26.4 Å². The number of carbonyl (C=O) groups is 1. The van der Waals surface area contributed by atoms with Crippen molar-refractivity contribution in [3.8, 4) is 11.8 Å². The first-order valence-corrected chi connectivity index (χ1v) is 8.53. The van der Waals surface area contributed by atoms with Gasteiger partial charge in [-0.2, -0.15) is 9.97 Å². The third-order valence-corrected chi connectivity index (χ3v) is 4.47. The van der Waals surface area contributed by atoms with E-state index in [9.17, 15) is 9.59 Å². The van der Waals surface area contributed by atoms with Gasteiger partial charge >= 0.3 is 11.7 Å². The Bertz CT molecular complexity index is 1070. The second-order valence-corrected chi connectivity index (χ2v) is 6.22. The lowest BCUT2D eigenvalue weighted by atomic mass is 10.2. The molecule has 3 heterocycles. The van der Waals surface area contributed by atoms with Crippen molar-refractivity contribution in [2.24, 2.45) is 12.8 Å². The Kier molecular flexibility index (Phi) is 4.24. The van der Waals surface area contributed by atoms with Crippen molar-refractivity contribution < 1.29 is 9.53 Å². The maximum atomic E-state index is 12.1. The van der Waals surface area contributed by atoms with E-state index in [2.05, 4.69) is 25.2 Å². The zero-order valence-corrected chi connectivity index (χ0v) is 14.7. The zero-order chi connectivity index (χ0) is 19.0. The number of aromatic nitrogens is 4. The number of para-hydroxylation sites is 1. The van der Waals surface area contributed by atoms with Gasteiger partial charge in [-0.3, -0.25) is 9.36 Å². The zero-order valence-electron chi connectivity index (χ0n) is 14.7. The van der Waals surface area contributed by atoms with E-state index in [-0.39, 0.29) is 23.0 Å². The highest BCUT2D eigenvalue weighted by molar-refractivity contribution is 5.95. The number of nitrogens with two attached hydrogens (primary N) is 1. The number of piperazine rings is 1. The van der Waals surface area contributed by atoms with Crippen LogP contribution in [0.5, 0.6) is 11.8 Å². The third kappa shape index (κ3) is 3.10. The molecule has 3 aromatic rings. The average Bonchev–Trinajstić information content (AvgIpc) is 2.96. The molecule has 10 heteroatoms. The van der Waals surface area contributed by atoms with Crippen molar-refractivity contribution in [1.29, 1.82) is 0 Å². The highest BCUT2D eigenvalue weighted by Gasteiger charge is 2.21. The van der Waals surface area contributed by atoms with Gasteiger partial charge in [0.15, 0.2) is 11.5 Å². The van der Waals surface area contributed by atoms with E-state index in [1.807, 2.05) is 0 Å². The van der Waals surface area contributed by atoms with Gasteiger partial charge in [0.05, 0.1) is 5.56 Å². The first-order chi connectivity index (χ1) is 13.0. The molecule has 0 aliphatic carbocycles. The summed E-state index contributed by atoms with van der Waals surface area (Å²) in [5.74, 6) is 0.241. The third-order valence-electron chi connectivity index (χ3n) is 4.47. The fraction of sp³-hybridized carbons (Fsp3) is 0.294. The number of ether oxygens (including phenoxy) is 1. The van der Waals surface area contributed by atoms with Gasteiger partial charge in [0.2, 0.25) is 0 Å². The number of aryl methyl sites for hydroxylation is 1. The minimum Gasteiger partial charge on any atom is -0.423 e. The first-order valence-electron chi connectivity index (χ1n) is 8.53. The van der Waals surface area contributed by atoms with Crippen LogP contribution in [0.15, 0.2) is 29.1 Å². The average molecular weight is 369 g/mol. The van der Waals surface area contributed by atoms with Gasteiger partial charge < -0.3 is 25.7 Å². The summed E-state index contributed by atoms with van der Waals surface area (Å²) in [5.41, 5.74) is 6.33. The molecule has 1 aliphatic rings. The standard InChI is InChI=1S/C17H19N7O3/c1-23-14-12(20-17(23)26)15(24-8-6-19-7-9-24)22-16(21-14)27-11-5-3-2-4-10(11)13(18)25/h2-5,19H,6-9H2,1H3,(H2,18,25)(H,20,26). The molecule has 0 bridgehead atoms. The second-order valence-electron chi connectivity index (χ2n) is 6.22. The fourth-order valence-electron chi connectivity index (χ4n) is 3.07. The Hall–Kier alpha value is -3.40. The number of rotatable bonds is 4. The quantitative estimate of drug-likeness (QED) is 0.588. The van der Waals surface area contributed by atoms with Crippen molar-refractivity contribution in [2.45, 2.75) is 0 Å². The van der Waals surface area contributed by atoms with Crippen LogP contribution in [0.1, 0.15) is 10.4 Å². The number of benzene rings is 1. The molecule has 0 atom stereocenters. The van der Waals surface area contributed by atoms with Gasteiger partial charge in [0, 0.05) is 33.2 Å². The van der Waals surface area contributed by atoms with Crippen molar-refractivity contribution in [3.05, 3.63) is 40.3 Å². The molecule has 1 aliphatic heterocycles. The number of anilines is 1. The van der Waals surface area contributed by atoms with Crippen molar-refractivity contribution >= 4 is 22.9 Å². The summed E-state index contributed by atoms with van der Waals surface area (Å²) in [5, 5.41) is 3.28.